The van der Waals surface area contributed by atoms with Crippen LogP contribution in [0.15, 0.2) is 96.6 Å². The normalized spacial score (nSPS) is 10.9. The number of carbonyl (C=O) groups excluding carboxylic acids is 1. The Labute approximate surface area is 178 Å². The maximum atomic E-state index is 12.7. The van der Waals surface area contributed by atoms with Crippen LogP contribution in [0.1, 0.15) is 5.56 Å². The van der Waals surface area contributed by atoms with Crippen molar-refractivity contribution in [1.29, 1.82) is 0 Å². The summed E-state index contributed by atoms with van der Waals surface area (Å²) in [4.78, 5) is 18.3. The summed E-state index contributed by atoms with van der Waals surface area (Å²) in [5, 5.41) is 5.06. The van der Waals surface area contributed by atoms with E-state index < -0.39 is 0 Å². The van der Waals surface area contributed by atoms with Crippen molar-refractivity contribution in [3.8, 4) is 22.4 Å². The molecular weight excluding hydrogens is 390 g/mol. The van der Waals surface area contributed by atoms with Crippen molar-refractivity contribution in [3.63, 3.8) is 0 Å². The van der Waals surface area contributed by atoms with Gasteiger partial charge in [0.15, 0.2) is 4.96 Å². The molecule has 3 aromatic carbocycles. The van der Waals surface area contributed by atoms with E-state index in [4.69, 9.17) is 0 Å². The Kier molecular flexibility index (Phi) is 4.87. The minimum absolute atomic E-state index is 0.0454. The lowest BCUT2D eigenvalue weighted by atomic mass is 10.0. The highest BCUT2D eigenvalue weighted by molar-refractivity contribution is 7.15. The zero-order valence-corrected chi connectivity index (χ0v) is 17.0. The first-order valence-corrected chi connectivity index (χ1v) is 10.6. The van der Waals surface area contributed by atoms with E-state index in [2.05, 4.69) is 34.6 Å². The molecule has 5 aromatic rings. The van der Waals surface area contributed by atoms with Crippen LogP contribution in [0.4, 0.5) is 5.69 Å². The van der Waals surface area contributed by atoms with Gasteiger partial charge in [-0.05, 0) is 22.8 Å². The van der Waals surface area contributed by atoms with E-state index in [-0.39, 0.29) is 5.91 Å². The molecule has 5 rings (SSSR count). The number of rotatable bonds is 5. The average molecular weight is 410 g/mol. The molecule has 0 bridgehead atoms. The van der Waals surface area contributed by atoms with E-state index in [1.54, 1.807) is 11.3 Å². The third kappa shape index (κ3) is 3.75. The molecular formula is C25H19N3OS. The van der Waals surface area contributed by atoms with Crippen molar-refractivity contribution in [2.45, 2.75) is 6.42 Å². The predicted octanol–water partition coefficient (Wildman–Crippen LogP) is 5.91. The molecule has 0 aliphatic rings. The van der Waals surface area contributed by atoms with E-state index in [0.29, 0.717) is 6.42 Å². The van der Waals surface area contributed by atoms with Gasteiger partial charge in [0.25, 0.3) is 0 Å². The first-order valence-electron chi connectivity index (χ1n) is 9.72. The van der Waals surface area contributed by atoms with Crippen LogP contribution in [0.2, 0.25) is 0 Å². The summed E-state index contributed by atoms with van der Waals surface area (Å²) in [5.41, 5.74) is 5.83. The zero-order valence-electron chi connectivity index (χ0n) is 16.2. The van der Waals surface area contributed by atoms with Gasteiger partial charge in [0.2, 0.25) is 5.91 Å². The number of hydrogen-bond acceptors (Lipinski definition) is 3. The van der Waals surface area contributed by atoms with Crippen molar-refractivity contribution in [2.24, 2.45) is 0 Å². The lowest BCUT2D eigenvalue weighted by Crippen LogP contribution is -2.15. The van der Waals surface area contributed by atoms with Crippen LogP contribution in [0, 0.1) is 0 Å². The van der Waals surface area contributed by atoms with Crippen LogP contribution >= 0.6 is 11.3 Å². The maximum absolute atomic E-state index is 12.7. The number of anilines is 1. The summed E-state index contributed by atoms with van der Waals surface area (Å²) >= 11 is 1.59. The molecule has 0 saturated heterocycles. The van der Waals surface area contributed by atoms with Crippen molar-refractivity contribution in [3.05, 3.63) is 102 Å². The van der Waals surface area contributed by atoms with Gasteiger partial charge in [-0.2, -0.15) is 0 Å². The number of carbonyl (C=O) groups is 1. The number of nitrogens with zero attached hydrogens (tertiary/aromatic N) is 2. The molecule has 5 heteroatoms. The quantitative estimate of drug-likeness (QED) is 0.392. The summed E-state index contributed by atoms with van der Waals surface area (Å²) in [5.74, 6) is -0.0454. The van der Waals surface area contributed by atoms with E-state index in [1.807, 2.05) is 76.8 Å². The first-order chi connectivity index (χ1) is 14.8. The molecule has 0 aliphatic carbocycles. The minimum atomic E-state index is -0.0454. The molecule has 0 unspecified atom stereocenters. The number of amides is 1. The molecule has 0 saturated carbocycles. The standard InChI is InChI=1S/C25H19N3OS/c29-24(16-18-10-12-20(13-11-18)19-6-2-1-3-7-19)26-22-9-5-4-8-21(22)23-17-28-14-15-30-25(28)27-23/h1-15,17H,16H2,(H,26,29). The van der Waals surface area contributed by atoms with Gasteiger partial charge in [0.05, 0.1) is 17.8 Å². The van der Waals surface area contributed by atoms with Crippen molar-refractivity contribution in [2.75, 3.05) is 5.32 Å². The number of fused-ring (bicyclic) bond motifs is 1. The largest absolute Gasteiger partial charge is 0.325 e. The van der Waals surface area contributed by atoms with E-state index in [9.17, 15) is 4.79 Å². The highest BCUT2D eigenvalue weighted by atomic mass is 32.1. The molecule has 0 atom stereocenters. The summed E-state index contributed by atoms with van der Waals surface area (Å²) in [7, 11) is 0. The van der Waals surface area contributed by atoms with Gasteiger partial charge >= 0.3 is 0 Å². The van der Waals surface area contributed by atoms with Crippen LogP contribution in [-0.2, 0) is 11.2 Å². The highest BCUT2D eigenvalue weighted by Crippen LogP contribution is 2.28. The fourth-order valence-electron chi connectivity index (χ4n) is 3.50. The Balaban J connectivity index is 1.32. The number of para-hydroxylation sites is 1. The summed E-state index contributed by atoms with van der Waals surface area (Å²) in [6.07, 6.45) is 4.29. The SMILES string of the molecule is O=C(Cc1ccc(-c2ccccc2)cc1)Nc1ccccc1-c1cn2ccsc2n1. The summed E-state index contributed by atoms with van der Waals surface area (Å²) in [6, 6.07) is 26.1. The van der Waals surface area contributed by atoms with Gasteiger partial charge in [0, 0.05) is 23.3 Å². The second kappa shape index (κ2) is 7.97. The number of nitrogens with one attached hydrogen (secondary N) is 1. The van der Waals surface area contributed by atoms with Crippen molar-refractivity contribution in [1.82, 2.24) is 9.38 Å². The molecule has 0 spiro atoms. The van der Waals surface area contributed by atoms with Gasteiger partial charge in [-0.25, -0.2) is 4.98 Å². The van der Waals surface area contributed by atoms with Gasteiger partial charge in [0.1, 0.15) is 0 Å². The molecule has 1 amide bonds. The molecule has 4 nitrogen and oxygen atoms in total. The summed E-state index contributed by atoms with van der Waals surface area (Å²) in [6.45, 7) is 0. The molecule has 1 N–H and O–H groups in total. The van der Waals surface area contributed by atoms with Crippen LogP contribution in [0.3, 0.4) is 0 Å². The van der Waals surface area contributed by atoms with Gasteiger partial charge in [-0.1, -0.05) is 72.8 Å². The third-order valence-corrected chi connectivity index (χ3v) is 5.77. The lowest BCUT2D eigenvalue weighted by molar-refractivity contribution is -0.115. The van der Waals surface area contributed by atoms with Crippen LogP contribution in [0.25, 0.3) is 27.3 Å². The number of imidazole rings is 1. The minimum Gasteiger partial charge on any atom is -0.325 e. The Morgan fingerprint density at radius 2 is 1.63 bits per heavy atom. The van der Waals surface area contributed by atoms with Gasteiger partial charge < -0.3 is 5.32 Å². The summed E-state index contributed by atoms with van der Waals surface area (Å²) < 4.78 is 1.99. The van der Waals surface area contributed by atoms with E-state index in [0.717, 1.165) is 33.0 Å². The van der Waals surface area contributed by atoms with E-state index in [1.165, 1.54) is 5.56 Å². The van der Waals surface area contributed by atoms with Gasteiger partial charge in [-0.15, -0.1) is 11.3 Å². The van der Waals surface area contributed by atoms with Crippen molar-refractivity contribution < 1.29 is 4.79 Å². The number of aromatic nitrogens is 2. The van der Waals surface area contributed by atoms with E-state index >= 15 is 0 Å². The van der Waals surface area contributed by atoms with Crippen LogP contribution in [-0.4, -0.2) is 15.3 Å². The molecule has 0 fully saturated rings. The van der Waals surface area contributed by atoms with Crippen LogP contribution < -0.4 is 5.32 Å². The highest BCUT2D eigenvalue weighted by Gasteiger charge is 2.12. The fraction of sp³-hybridized carbons (Fsp3) is 0.0400. The number of thiazole rings is 1. The predicted molar refractivity (Wildman–Crippen MR) is 123 cm³/mol. The second-order valence-electron chi connectivity index (χ2n) is 7.05. The second-order valence-corrected chi connectivity index (χ2v) is 7.93. The maximum Gasteiger partial charge on any atom is 0.228 e. The monoisotopic (exact) mass is 409 g/mol. The molecule has 0 radical (unpaired) electrons. The lowest BCUT2D eigenvalue weighted by Gasteiger charge is -2.10. The Morgan fingerprint density at radius 3 is 2.43 bits per heavy atom. The molecule has 146 valence electrons. The number of hydrogen-bond donors (Lipinski definition) is 1. The van der Waals surface area contributed by atoms with Crippen molar-refractivity contribution >= 4 is 27.9 Å². The average Bonchev–Trinajstić information content (AvgIpc) is 3.38. The van der Waals surface area contributed by atoms with Crippen LogP contribution in [0.5, 0.6) is 0 Å². The molecule has 2 aromatic heterocycles. The fourth-order valence-corrected chi connectivity index (χ4v) is 4.20. The topological polar surface area (TPSA) is 46.4 Å². The molecule has 30 heavy (non-hydrogen) atoms. The van der Waals surface area contributed by atoms with Gasteiger partial charge in [-0.3, -0.25) is 9.20 Å². The Bertz CT molecular complexity index is 1270. The molecule has 0 aliphatic heterocycles. The Hall–Kier alpha value is -3.70. The smallest absolute Gasteiger partial charge is 0.228 e. The number of benzene rings is 3. The first kappa shape index (κ1) is 18.3. The zero-order chi connectivity index (χ0) is 20.3. The third-order valence-electron chi connectivity index (χ3n) is 5.00. The Morgan fingerprint density at radius 1 is 0.900 bits per heavy atom. The molecule has 2 heterocycles.